The van der Waals surface area contributed by atoms with Crippen LogP contribution < -0.4 is 9.80 Å². The minimum absolute atomic E-state index is 0.0138. The van der Waals surface area contributed by atoms with Gasteiger partial charge in [0.1, 0.15) is 0 Å². The van der Waals surface area contributed by atoms with Crippen molar-refractivity contribution < 1.29 is 22.7 Å². The molecule has 0 unspecified atom stereocenters. The number of rotatable bonds is 6. The van der Waals surface area contributed by atoms with Gasteiger partial charge in [0, 0.05) is 46.4 Å². The number of benzene rings is 2. The second-order valence-electron chi connectivity index (χ2n) is 8.30. The quantitative estimate of drug-likeness (QED) is 0.241. The molecule has 7 nitrogen and oxygen atoms in total. The molecule has 1 aromatic heterocycles. The molecule has 1 heterocycles. The van der Waals surface area contributed by atoms with Gasteiger partial charge in [-0.25, -0.2) is 0 Å². The van der Waals surface area contributed by atoms with E-state index < -0.39 is 0 Å². The average molecular weight is 584 g/mol. The van der Waals surface area contributed by atoms with Crippen molar-refractivity contribution in [2.75, 3.05) is 23.9 Å². The molecule has 198 valence electrons. The standard InChI is InChI=1S/C27H31N5O2.2ClH.Fe/c1-18(28-22-8-12-24(13-9-22)30(5)20(3)33)26-16-17-27(32(26)7)19(2)29-23-10-14-25(15-11-23)31(6)21(4)34;;;/h8-17H,1-7H3;2*1H;/q;;;+2/p-2. The SMILES string of the molecule is CC(=O)N(C)c1ccc(N=C(C)c2ccc(C(C)=Nc3ccc(N(C)C(C)=O)cc3)n2C)cc1.[Cl][Fe][Cl]. The van der Waals surface area contributed by atoms with E-state index in [-0.39, 0.29) is 24.9 Å². The summed E-state index contributed by atoms with van der Waals surface area (Å²) >= 11 is 0.194. The van der Waals surface area contributed by atoms with E-state index in [9.17, 15) is 9.59 Å². The van der Waals surface area contributed by atoms with Crippen LogP contribution in [0.5, 0.6) is 0 Å². The van der Waals surface area contributed by atoms with Crippen molar-refractivity contribution in [1.29, 1.82) is 0 Å². The predicted molar refractivity (Wildman–Crippen MR) is 152 cm³/mol. The Bertz CT molecular complexity index is 1190. The molecule has 0 N–H and O–H groups in total. The topological polar surface area (TPSA) is 70.3 Å². The molecule has 0 fully saturated rings. The number of aliphatic imine (C=N–C) groups is 2. The van der Waals surface area contributed by atoms with E-state index in [1.165, 1.54) is 13.8 Å². The fourth-order valence-electron chi connectivity index (χ4n) is 3.60. The van der Waals surface area contributed by atoms with Gasteiger partial charge >= 0.3 is 33.3 Å². The summed E-state index contributed by atoms with van der Waals surface area (Å²) in [6.07, 6.45) is 0. The number of hydrogen-bond acceptors (Lipinski definition) is 4. The number of amides is 2. The fraction of sp³-hybridized carbons (Fsp3) is 0.259. The Morgan fingerprint density at radius 2 is 0.973 bits per heavy atom. The number of carbonyl (C=O) groups excluding carboxylic acids is 2. The van der Waals surface area contributed by atoms with Gasteiger partial charge in [0.2, 0.25) is 11.8 Å². The summed E-state index contributed by atoms with van der Waals surface area (Å²) in [7, 11) is 15.0. The number of aromatic nitrogens is 1. The third-order valence-electron chi connectivity index (χ3n) is 5.88. The van der Waals surface area contributed by atoms with Gasteiger partial charge in [0.25, 0.3) is 0 Å². The monoisotopic (exact) mass is 583 g/mol. The summed E-state index contributed by atoms with van der Waals surface area (Å²) in [6.45, 7) is 7.03. The molecule has 0 atom stereocenters. The molecule has 3 aromatic rings. The maximum absolute atomic E-state index is 11.5. The third kappa shape index (κ3) is 8.30. The molecular formula is C27H31Cl2FeN5O2. The molecule has 0 saturated heterocycles. The predicted octanol–water partition coefficient (Wildman–Crippen LogP) is 6.65. The van der Waals surface area contributed by atoms with Gasteiger partial charge < -0.3 is 14.4 Å². The van der Waals surface area contributed by atoms with Crippen LogP contribution in [0, 0.1) is 0 Å². The molecule has 0 aliphatic carbocycles. The van der Waals surface area contributed by atoms with Gasteiger partial charge in [-0.1, -0.05) is 0 Å². The Hall–Kier alpha value is -2.90. The zero-order valence-electron chi connectivity index (χ0n) is 21.9. The summed E-state index contributed by atoms with van der Waals surface area (Å²) in [6, 6.07) is 19.3. The summed E-state index contributed by atoms with van der Waals surface area (Å²) in [4.78, 5) is 35.8. The average Bonchev–Trinajstić information content (AvgIpc) is 3.26. The van der Waals surface area contributed by atoms with Crippen LogP contribution >= 0.6 is 20.2 Å². The molecule has 3 rings (SSSR count). The molecule has 37 heavy (non-hydrogen) atoms. The molecule has 0 aliphatic heterocycles. The first-order valence-corrected chi connectivity index (χ1v) is 14.3. The van der Waals surface area contributed by atoms with Gasteiger partial charge in [-0.2, -0.15) is 0 Å². The second kappa shape index (κ2) is 14.1. The fourth-order valence-corrected chi connectivity index (χ4v) is 3.60. The second-order valence-corrected chi connectivity index (χ2v) is 10.1. The van der Waals surface area contributed by atoms with E-state index in [4.69, 9.17) is 30.2 Å². The van der Waals surface area contributed by atoms with E-state index in [2.05, 4.69) is 4.57 Å². The van der Waals surface area contributed by atoms with Gasteiger partial charge in [-0.3, -0.25) is 19.6 Å². The van der Waals surface area contributed by atoms with Crippen LogP contribution in [0.3, 0.4) is 0 Å². The van der Waals surface area contributed by atoms with Crippen LogP contribution in [0.15, 0.2) is 70.6 Å². The van der Waals surface area contributed by atoms with Crippen LogP contribution in [0.2, 0.25) is 0 Å². The summed E-state index contributed by atoms with van der Waals surface area (Å²) in [5.41, 5.74) is 7.05. The van der Waals surface area contributed by atoms with Crippen molar-refractivity contribution in [3.05, 3.63) is 72.1 Å². The van der Waals surface area contributed by atoms with E-state index in [0.29, 0.717) is 0 Å². The molecule has 2 amide bonds. The van der Waals surface area contributed by atoms with Crippen molar-refractivity contribution in [2.45, 2.75) is 27.7 Å². The van der Waals surface area contributed by atoms with Gasteiger partial charge in [-0.15, -0.1) is 0 Å². The first-order chi connectivity index (χ1) is 17.5. The minimum atomic E-state index is -0.0138. The third-order valence-corrected chi connectivity index (χ3v) is 5.88. The summed E-state index contributed by atoms with van der Waals surface area (Å²) in [5, 5.41) is 0. The summed E-state index contributed by atoms with van der Waals surface area (Å²) in [5.74, 6) is -0.0275. The normalized spacial score (nSPS) is 11.6. The van der Waals surface area contributed by atoms with E-state index in [1.54, 1.807) is 23.9 Å². The van der Waals surface area contributed by atoms with Crippen molar-refractivity contribution in [3.8, 4) is 0 Å². The van der Waals surface area contributed by atoms with Crippen molar-refractivity contribution in [3.63, 3.8) is 0 Å². The van der Waals surface area contributed by atoms with E-state index in [0.717, 1.165) is 45.6 Å². The molecule has 0 saturated carbocycles. The number of carbonyl (C=O) groups is 2. The van der Waals surface area contributed by atoms with Crippen LogP contribution in [-0.2, 0) is 29.8 Å². The zero-order chi connectivity index (χ0) is 27.7. The van der Waals surface area contributed by atoms with Crippen LogP contribution in [-0.4, -0.2) is 41.9 Å². The molecule has 0 aliphatic rings. The number of hydrogen-bond donors (Lipinski definition) is 0. The molecular weight excluding hydrogens is 553 g/mol. The maximum atomic E-state index is 11.5. The molecule has 0 spiro atoms. The van der Waals surface area contributed by atoms with Crippen LogP contribution in [0.25, 0.3) is 0 Å². The van der Waals surface area contributed by atoms with Crippen LogP contribution in [0.1, 0.15) is 39.1 Å². The first kappa shape index (κ1) is 30.3. The van der Waals surface area contributed by atoms with Crippen LogP contribution in [0.4, 0.5) is 22.7 Å². The molecule has 2 aromatic carbocycles. The molecule has 0 radical (unpaired) electrons. The first-order valence-electron chi connectivity index (χ1n) is 11.3. The number of anilines is 2. The number of halogens is 2. The Labute approximate surface area is 233 Å². The zero-order valence-corrected chi connectivity index (χ0v) is 24.6. The molecule has 10 heteroatoms. The van der Waals surface area contributed by atoms with Crippen molar-refractivity contribution in [1.82, 2.24) is 4.57 Å². The van der Waals surface area contributed by atoms with E-state index in [1.807, 2.05) is 81.6 Å². The van der Waals surface area contributed by atoms with Crippen molar-refractivity contribution in [2.24, 2.45) is 17.0 Å². The Balaban J connectivity index is 0.00000153. The Morgan fingerprint density at radius 1 is 0.676 bits per heavy atom. The van der Waals surface area contributed by atoms with Crippen molar-refractivity contribution >= 4 is 66.2 Å². The van der Waals surface area contributed by atoms with Gasteiger partial charge in [0.05, 0.1) is 34.2 Å². The van der Waals surface area contributed by atoms with E-state index >= 15 is 0 Å². The summed E-state index contributed by atoms with van der Waals surface area (Å²) < 4.78 is 2.08. The number of nitrogens with zero attached hydrogens (tertiary/aromatic N) is 5. The van der Waals surface area contributed by atoms with Gasteiger partial charge in [0.15, 0.2) is 0 Å². The molecule has 0 bridgehead atoms. The Morgan fingerprint density at radius 3 is 1.24 bits per heavy atom. The van der Waals surface area contributed by atoms with Gasteiger partial charge in [-0.05, 0) is 74.5 Å². The Kier molecular flexibility index (Phi) is 11.6.